The number of methoxy groups -OCH3 is 1. The summed E-state index contributed by atoms with van der Waals surface area (Å²) in [7, 11) is 3.84. The molecule has 1 fully saturated rings. The van der Waals surface area contributed by atoms with Crippen molar-refractivity contribution in [1.29, 1.82) is 0 Å². The van der Waals surface area contributed by atoms with Crippen LogP contribution in [0.4, 0.5) is 5.69 Å². The minimum absolute atomic E-state index is 0.231. The molecule has 1 aromatic heterocycles. The number of ether oxygens (including phenoxy) is 1. The molecule has 3 aromatic carbocycles. The van der Waals surface area contributed by atoms with Crippen molar-refractivity contribution in [3.8, 4) is 17.0 Å². The van der Waals surface area contributed by atoms with Gasteiger partial charge in [-0.25, -0.2) is 0 Å². The van der Waals surface area contributed by atoms with Crippen LogP contribution in [-0.2, 0) is 18.3 Å². The number of amides is 1. The number of para-hydroxylation sites is 3. The average Bonchev–Trinajstić information content (AvgIpc) is 3.18. The maximum absolute atomic E-state index is 13.3. The zero-order chi connectivity index (χ0) is 25.2. The third-order valence-electron chi connectivity index (χ3n) is 7.35. The zero-order valence-electron chi connectivity index (χ0n) is 21.8. The van der Waals surface area contributed by atoms with Gasteiger partial charge in [-0.05, 0) is 61.7 Å². The topological polar surface area (TPSA) is 37.7 Å². The average molecular weight is 482 g/mol. The molecule has 5 nitrogen and oxygen atoms in total. The molecule has 1 amide bonds. The van der Waals surface area contributed by atoms with Gasteiger partial charge in [-0.1, -0.05) is 47.5 Å². The van der Waals surface area contributed by atoms with Crippen LogP contribution in [0, 0.1) is 13.8 Å². The maximum Gasteiger partial charge on any atom is 0.223 e. The summed E-state index contributed by atoms with van der Waals surface area (Å²) in [5.74, 6) is 1.11. The maximum atomic E-state index is 13.3. The van der Waals surface area contributed by atoms with Crippen molar-refractivity contribution in [3.05, 3.63) is 83.4 Å². The van der Waals surface area contributed by atoms with Gasteiger partial charge in [-0.3, -0.25) is 4.79 Å². The van der Waals surface area contributed by atoms with Crippen LogP contribution < -0.4 is 9.64 Å². The van der Waals surface area contributed by atoms with E-state index in [0.29, 0.717) is 6.42 Å². The number of benzene rings is 3. The Labute approximate surface area is 213 Å². The summed E-state index contributed by atoms with van der Waals surface area (Å²) in [5.41, 5.74) is 8.52. The first-order chi connectivity index (χ1) is 17.5. The fourth-order valence-corrected chi connectivity index (χ4v) is 5.68. The third kappa shape index (κ3) is 4.58. The van der Waals surface area contributed by atoms with Gasteiger partial charge in [0.2, 0.25) is 5.91 Å². The number of piperazine rings is 1. The summed E-state index contributed by atoms with van der Waals surface area (Å²) < 4.78 is 7.82. The van der Waals surface area contributed by atoms with Crippen LogP contribution in [0.1, 0.15) is 23.1 Å². The van der Waals surface area contributed by atoms with Gasteiger partial charge in [-0.2, -0.15) is 0 Å². The van der Waals surface area contributed by atoms with Crippen LogP contribution in [0.5, 0.6) is 5.75 Å². The first kappa shape index (κ1) is 24.0. The van der Waals surface area contributed by atoms with Crippen molar-refractivity contribution in [2.24, 2.45) is 7.05 Å². The lowest BCUT2D eigenvalue weighted by Gasteiger charge is -2.36. The Balaban J connectivity index is 1.34. The molecule has 5 rings (SSSR count). The predicted octanol–water partition coefficient (Wildman–Crippen LogP) is 5.75. The molecule has 0 N–H and O–H groups in total. The molecule has 0 aliphatic carbocycles. The summed E-state index contributed by atoms with van der Waals surface area (Å²) in [6.07, 6.45) is 1.25. The predicted molar refractivity (Wildman–Crippen MR) is 148 cm³/mol. The second kappa shape index (κ2) is 10.1. The van der Waals surface area contributed by atoms with Crippen LogP contribution in [-0.4, -0.2) is 48.7 Å². The van der Waals surface area contributed by atoms with E-state index < -0.39 is 0 Å². The number of aromatic nitrogens is 1. The molecule has 0 saturated carbocycles. The summed E-state index contributed by atoms with van der Waals surface area (Å²) in [4.78, 5) is 17.6. The van der Waals surface area contributed by atoms with Gasteiger partial charge >= 0.3 is 0 Å². The van der Waals surface area contributed by atoms with Crippen LogP contribution >= 0.6 is 0 Å². The van der Waals surface area contributed by atoms with Crippen LogP contribution in [0.25, 0.3) is 22.2 Å². The smallest absolute Gasteiger partial charge is 0.223 e. The molecule has 186 valence electrons. The highest BCUT2D eigenvalue weighted by molar-refractivity contribution is 5.92. The molecule has 36 heavy (non-hydrogen) atoms. The molecule has 0 spiro atoms. The van der Waals surface area contributed by atoms with Crippen molar-refractivity contribution in [2.45, 2.75) is 26.7 Å². The number of rotatable bonds is 6. The Bertz CT molecular complexity index is 1380. The van der Waals surface area contributed by atoms with Gasteiger partial charge in [0, 0.05) is 50.6 Å². The molecule has 0 atom stereocenters. The lowest BCUT2D eigenvalue weighted by atomic mass is 9.98. The number of aryl methyl sites for hydroxylation is 4. The lowest BCUT2D eigenvalue weighted by Crippen LogP contribution is -2.48. The molecule has 5 heteroatoms. The SMILES string of the molecule is COc1ccccc1N1CCN(C(=O)CCc2c(-c3cc(C)cc(C)c3)n(C)c3ccccc23)CC1. The molecule has 2 heterocycles. The molecule has 1 aliphatic rings. The van der Waals surface area contributed by atoms with E-state index in [2.05, 4.69) is 78.9 Å². The van der Waals surface area contributed by atoms with E-state index in [4.69, 9.17) is 4.74 Å². The van der Waals surface area contributed by atoms with E-state index in [1.807, 2.05) is 23.1 Å². The second-order valence-corrected chi connectivity index (χ2v) is 9.82. The summed E-state index contributed by atoms with van der Waals surface area (Å²) in [5, 5.41) is 1.24. The molecule has 0 radical (unpaired) electrons. The largest absolute Gasteiger partial charge is 0.495 e. The fourth-order valence-electron chi connectivity index (χ4n) is 5.68. The van der Waals surface area contributed by atoms with Crippen LogP contribution in [0.15, 0.2) is 66.7 Å². The van der Waals surface area contributed by atoms with Gasteiger partial charge in [0.25, 0.3) is 0 Å². The van der Waals surface area contributed by atoms with E-state index in [1.54, 1.807) is 7.11 Å². The molecular weight excluding hydrogens is 446 g/mol. The first-order valence-electron chi connectivity index (χ1n) is 12.8. The Morgan fingerprint density at radius 2 is 1.56 bits per heavy atom. The summed E-state index contributed by atoms with van der Waals surface area (Å²) in [6.45, 7) is 7.38. The third-order valence-corrected chi connectivity index (χ3v) is 7.35. The van der Waals surface area contributed by atoms with E-state index in [0.717, 1.165) is 44.0 Å². The number of anilines is 1. The number of hydrogen-bond donors (Lipinski definition) is 0. The number of nitrogens with zero attached hydrogens (tertiary/aromatic N) is 3. The van der Waals surface area contributed by atoms with E-state index in [-0.39, 0.29) is 5.91 Å². The Kier molecular flexibility index (Phi) is 6.73. The Morgan fingerprint density at radius 3 is 2.28 bits per heavy atom. The highest BCUT2D eigenvalue weighted by Crippen LogP contribution is 2.35. The van der Waals surface area contributed by atoms with Crippen molar-refractivity contribution in [1.82, 2.24) is 9.47 Å². The first-order valence-corrected chi connectivity index (χ1v) is 12.8. The minimum atomic E-state index is 0.231. The summed E-state index contributed by atoms with van der Waals surface area (Å²) >= 11 is 0. The minimum Gasteiger partial charge on any atom is -0.495 e. The van der Waals surface area contributed by atoms with Crippen LogP contribution in [0.3, 0.4) is 0 Å². The quantitative estimate of drug-likeness (QED) is 0.352. The van der Waals surface area contributed by atoms with E-state index in [1.165, 1.54) is 38.9 Å². The Morgan fingerprint density at radius 1 is 0.889 bits per heavy atom. The fraction of sp³-hybridized carbons (Fsp3) is 0.323. The normalized spacial score (nSPS) is 13.9. The highest BCUT2D eigenvalue weighted by atomic mass is 16.5. The molecule has 0 unspecified atom stereocenters. The lowest BCUT2D eigenvalue weighted by molar-refractivity contribution is -0.131. The molecule has 1 aliphatic heterocycles. The highest BCUT2D eigenvalue weighted by Gasteiger charge is 2.24. The van der Waals surface area contributed by atoms with Crippen molar-refractivity contribution in [2.75, 3.05) is 38.2 Å². The van der Waals surface area contributed by atoms with Gasteiger partial charge < -0.3 is 19.1 Å². The van der Waals surface area contributed by atoms with Gasteiger partial charge in [-0.15, -0.1) is 0 Å². The van der Waals surface area contributed by atoms with Gasteiger partial charge in [0.05, 0.1) is 18.5 Å². The number of hydrogen-bond acceptors (Lipinski definition) is 3. The number of fused-ring (bicyclic) bond motifs is 1. The number of carbonyl (C=O) groups is 1. The van der Waals surface area contributed by atoms with Gasteiger partial charge in [0.1, 0.15) is 5.75 Å². The molecular formula is C31H35N3O2. The Hall–Kier alpha value is -3.73. The van der Waals surface area contributed by atoms with Crippen LogP contribution in [0.2, 0.25) is 0 Å². The molecule has 4 aromatic rings. The zero-order valence-corrected chi connectivity index (χ0v) is 21.8. The molecule has 1 saturated heterocycles. The van der Waals surface area contributed by atoms with Gasteiger partial charge in [0.15, 0.2) is 0 Å². The van der Waals surface area contributed by atoms with Crippen molar-refractivity contribution < 1.29 is 9.53 Å². The van der Waals surface area contributed by atoms with E-state index >= 15 is 0 Å². The van der Waals surface area contributed by atoms with Crippen molar-refractivity contribution in [3.63, 3.8) is 0 Å². The van der Waals surface area contributed by atoms with E-state index in [9.17, 15) is 4.79 Å². The standard InChI is InChI=1S/C31H35N3O2/c1-22-19-23(2)21-24(20-22)31-26(25-9-5-6-10-27(25)32(31)3)13-14-30(35)34-17-15-33(16-18-34)28-11-7-8-12-29(28)36-4/h5-12,19-21H,13-18H2,1-4H3. The molecule has 0 bridgehead atoms. The van der Waals surface area contributed by atoms with Crippen molar-refractivity contribution >= 4 is 22.5 Å². The summed E-state index contributed by atoms with van der Waals surface area (Å²) in [6, 6.07) is 23.4. The number of carbonyl (C=O) groups excluding carboxylic acids is 1. The second-order valence-electron chi connectivity index (χ2n) is 9.82. The monoisotopic (exact) mass is 481 g/mol.